The van der Waals surface area contributed by atoms with Crippen LogP contribution in [0.15, 0.2) is 72.8 Å². The van der Waals surface area contributed by atoms with Crippen molar-refractivity contribution in [1.82, 2.24) is 9.67 Å². The molecule has 1 aliphatic rings. The van der Waals surface area contributed by atoms with Crippen molar-refractivity contribution in [3.63, 3.8) is 0 Å². The van der Waals surface area contributed by atoms with Crippen molar-refractivity contribution >= 4 is 27.6 Å². The van der Waals surface area contributed by atoms with Crippen molar-refractivity contribution in [3.8, 4) is 16.9 Å². The molecule has 1 N–H and O–H groups in total. The molecule has 10 heteroatoms. The van der Waals surface area contributed by atoms with Crippen LogP contribution in [0.1, 0.15) is 40.8 Å². The van der Waals surface area contributed by atoms with Crippen LogP contribution in [0.5, 0.6) is 5.75 Å². The summed E-state index contributed by atoms with van der Waals surface area (Å²) in [7, 11) is 0. The fourth-order valence-electron chi connectivity index (χ4n) is 6.27. The van der Waals surface area contributed by atoms with Gasteiger partial charge in [0.25, 0.3) is 6.54 Å². The molecule has 3 heterocycles. The molecule has 45 heavy (non-hydrogen) atoms. The number of halogens is 3. The molecule has 7 nitrogen and oxygen atoms in total. The number of ether oxygens (including phenoxy) is 3. The minimum atomic E-state index is -4.42. The van der Waals surface area contributed by atoms with Crippen LogP contribution in [0.25, 0.3) is 32.8 Å². The number of carbonyl (C=O) groups excluding carboxylic acids is 1. The second-order valence-corrected chi connectivity index (χ2v) is 11.0. The van der Waals surface area contributed by atoms with E-state index < -0.39 is 18.7 Å². The molecule has 0 radical (unpaired) electrons. The molecular weight excluding hydrogens is 583 g/mol. The van der Waals surface area contributed by atoms with Gasteiger partial charge in [-0.15, -0.1) is 4.68 Å². The SMILES string of the molecule is CCOC(=O)c1c(CCCOc2cccc3ccccc23)c2cccc3c2n1C/C=C\COCc1c-3c(C)[nH][n+]1CC(F)(F)F. The average molecular weight is 619 g/mol. The zero-order chi connectivity index (χ0) is 31.6. The Balaban J connectivity index is 1.44. The molecule has 0 saturated heterocycles. The van der Waals surface area contributed by atoms with Crippen LogP contribution in [0.4, 0.5) is 13.2 Å². The topological polar surface area (TPSA) is 69.4 Å². The lowest BCUT2D eigenvalue weighted by molar-refractivity contribution is -0.776. The highest BCUT2D eigenvalue weighted by atomic mass is 19.4. The Bertz CT molecular complexity index is 1880. The van der Waals surface area contributed by atoms with Gasteiger partial charge in [0, 0.05) is 22.9 Å². The number of para-hydroxylation sites is 1. The van der Waals surface area contributed by atoms with Gasteiger partial charge < -0.3 is 18.8 Å². The monoisotopic (exact) mass is 618 g/mol. The zero-order valence-electron chi connectivity index (χ0n) is 25.2. The van der Waals surface area contributed by atoms with Gasteiger partial charge in [0.15, 0.2) is 0 Å². The molecule has 0 atom stereocenters. The van der Waals surface area contributed by atoms with E-state index in [4.69, 9.17) is 14.2 Å². The number of hydrogen-bond acceptors (Lipinski definition) is 4. The van der Waals surface area contributed by atoms with Gasteiger partial charge in [0.1, 0.15) is 18.1 Å². The molecule has 2 aromatic heterocycles. The van der Waals surface area contributed by atoms with Crippen molar-refractivity contribution in [2.24, 2.45) is 0 Å². The summed E-state index contributed by atoms with van der Waals surface area (Å²) in [5.41, 5.74) is 4.35. The summed E-state index contributed by atoms with van der Waals surface area (Å²) >= 11 is 0. The average Bonchev–Trinajstić information content (AvgIpc) is 3.47. The van der Waals surface area contributed by atoms with Crippen LogP contribution in [0, 0.1) is 6.92 Å². The summed E-state index contributed by atoms with van der Waals surface area (Å²) in [6, 6.07) is 19.7. The molecule has 0 amide bonds. The van der Waals surface area contributed by atoms with E-state index in [2.05, 4.69) is 5.10 Å². The van der Waals surface area contributed by atoms with E-state index in [1.54, 1.807) is 13.8 Å². The third-order valence-corrected chi connectivity index (χ3v) is 8.04. The molecule has 0 bridgehead atoms. The van der Waals surface area contributed by atoms with E-state index in [1.807, 2.05) is 77.4 Å². The highest BCUT2D eigenvalue weighted by Gasteiger charge is 2.38. The van der Waals surface area contributed by atoms with Crippen molar-refractivity contribution < 1.29 is 36.9 Å². The smallest absolute Gasteiger partial charge is 0.451 e. The van der Waals surface area contributed by atoms with Crippen molar-refractivity contribution in [1.29, 1.82) is 0 Å². The van der Waals surface area contributed by atoms with Gasteiger partial charge in [-0.05, 0) is 43.7 Å². The number of allylic oxidation sites excluding steroid dienone is 1. The number of alkyl halides is 3. The van der Waals surface area contributed by atoms with Crippen LogP contribution in [0.3, 0.4) is 0 Å². The fraction of sp³-hybridized carbons (Fsp3) is 0.314. The lowest BCUT2D eigenvalue weighted by Gasteiger charge is -2.12. The molecule has 0 fully saturated rings. The summed E-state index contributed by atoms with van der Waals surface area (Å²) < 4.78 is 61.3. The number of benzene rings is 3. The Labute approximate surface area is 258 Å². The predicted molar refractivity (Wildman–Crippen MR) is 165 cm³/mol. The number of carbonyl (C=O) groups is 1. The fourth-order valence-corrected chi connectivity index (χ4v) is 6.27. The summed E-state index contributed by atoms with van der Waals surface area (Å²) in [5, 5.41) is 5.89. The summed E-state index contributed by atoms with van der Waals surface area (Å²) in [6.45, 7) is 3.55. The highest BCUT2D eigenvalue weighted by molar-refractivity contribution is 6.04. The van der Waals surface area contributed by atoms with Gasteiger partial charge in [-0.3, -0.25) is 0 Å². The first-order chi connectivity index (χ1) is 21.8. The van der Waals surface area contributed by atoms with Crippen molar-refractivity contribution in [3.05, 3.63) is 95.5 Å². The Kier molecular flexibility index (Phi) is 8.67. The van der Waals surface area contributed by atoms with Gasteiger partial charge in [0.05, 0.1) is 36.6 Å². The number of aromatic nitrogens is 3. The van der Waals surface area contributed by atoms with Gasteiger partial charge >= 0.3 is 12.1 Å². The summed E-state index contributed by atoms with van der Waals surface area (Å²) in [5.74, 6) is 0.357. The predicted octanol–water partition coefficient (Wildman–Crippen LogP) is 7.22. The first-order valence-corrected chi connectivity index (χ1v) is 15.1. The van der Waals surface area contributed by atoms with E-state index in [1.165, 1.54) is 0 Å². The largest absolute Gasteiger partial charge is 0.493 e. The number of fused-ring (bicyclic) bond motifs is 3. The maximum atomic E-state index is 13.6. The third kappa shape index (κ3) is 6.20. The number of aromatic amines is 1. The van der Waals surface area contributed by atoms with Crippen molar-refractivity contribution in [2.75, 3.05) is 19.8 Å². The van der Waals surface area contributed by atoms with Gasteiger partial charge in [0.2, 0.25) is 5.69 Å². The lowest BCUT2D eigenvalue weighted by atomic mass is 9.98. The first kappa shape index (κ1) is 30.5. The highest BCUT2D eigenvalue weighted by Crippen LogP contribution is 2.38. The first-order valence-electron chi connectivity index (χ1n) is 15.1. The normalized spacial score (nSPS) is 14.2. The number of hydrogen-bond donors (Lipinski definition) is 1. The molecule has 0 unspecified atom stereocenters. The molecule has 6 rings (SSSR count). The summed E-state index contributed by atoms with van der Waals surface area (Å²) in [6.07, 6.45) is 0.464. The number of aryl methyl sites for hydroxylation is 2. The Morgan fingerprint density at radius 2 is 1.82 bits per heavy atom. The molecule has 0 aliphatic carbocycles. The maximum Gasteiger partial charge on any atom is 0.451 e. The number of nitrogens with zero attached hydrogens (tertiary/aromatic N) is 2. The third-order valence-electron chi connectivity index (χ3n) is 8.04. The Hall–Kier alpha value is -4.57. The second kappa shape index (κ2) is 12.8. The molecule has 0 saturated carbocycles. The minimum Gasteiger partial charge on any atom is -0.493 e. The van der Waals surface area contributed by atoms with E-state index >= 15 is 0 Å². The molecule has 234 valence electrons. The lowest BCUT2D eigenvalue weighted by Crippen LogP contribution is -2.46. The summed E-state index contributed by atoms with van der Waals surface area (Å²) in [4.78, 5) is 13.6. The minimum absolute atomic E-state index is 0.0136. The number of rotatable bonds is 8. The van der Waals surface area contributed by atoms with Crippen LogP contribution >= 0.6 is 0 Å². The van der Waals surface area contributed by atoms with Gasteiger partial charge in [-0.1, -0.05) is 66.7 Å². The maximum absolute atomic E-state index is 13.6. The Morgan fingerprint density at radius 3 is 2.64 bits per heavy atom. The van der Waals surface area contributed by atoms with Crippen LogP contribution in [-0.4, -0.2) is 41.6 Å². The van der Waals surface area contributed by atoms with E-state index in [0.29, 0.717) is 48.6 Å². The number of esters is 1. The second-order valence-electron chi connectivity index (χ2n) is 11.0. The van der Waals surface area contributed by atoms with Crippen LogP contribution < -0.4 is 9.42 Å². The van der Waals surface area contributed by atoms with E-state index in [9.17, 15) is 18.0 Å². The molecule has 5 aromatic rings. The Morgan fingerprint density at radius 1 is 1.04 bits per heavy atom. The van der Waals surface area contributed by atoms with E-state index in [0.717, 1.165) is 43.2 Å². The number of nitrogens with one attached hydrogen (secondary N) is 1. The van der Waals surface area contributed by atoms with Crippen molar-refractivity contribution in [2.45, 2.75) is 52.6 Å². The van der Waals surface area contributed by atoms with Crippen LogP contribution in [-0.2, 0) is 35.6 Å². The number of H-pyrrole nitrogens is 1. The zero-order valence-corrected chi connectivity index (χ0v) is 25.2. The molecule has 1 aliphatic heterocycles. The standard InChI is InChI=1S/C35H34F3N3O4/c1-3-44-34(42)33-27(16-10-20-45-30-17-8-12-24-11-4-5-13-25(24)30)26-14-9-15-28-31-23(2)39-41(22-35(36,37)38)29(31)21-43-19-7-6-18-40(33)32(26)28/h4-9,11-15,17H,3,10,16,18-22H2,1-2H3/p+1/b7-6-. The van der Waals surface area contributed by atoms with Gasteiger partial charge in [-0.2, -0.15) is 18.3 Å². The molecule has 0 spiro atoms. The quantitative estimate of drug-likeness (QED) is 0.0863. The van der Waals surface area contributed by atoms with Crippen LogP contribution in [0.2, 0.25) is 0 Å². The molecule has 3 aromatic carbocycles. The van der Waals surface area contributed by atoms with Gasteiger partial charge in [-0.25, -0.2) is 4.79 Å². The molecular formula is C35H35F3N3O4+. The van der Waals surface area contributed by atoms with E-state index in [-0.39, 0.29) is 19.8 Å².